The Bertz CT molecular complexity index is 1160. The molecule has 5 heteroatoms. The molecule has 0 bridgehead atoms. The second-order valence-corrected chi connectivity index (χ2v) is 7.97. The lowest BCUT2D eigenvalue weighted by molar-refractivity contribution is -0.132. The van der Waals surface area contributed by atoms with Crippen molar-refractivity contribution in [3.63, 3.8) is 0 Å². The minimum atomic E-state index is -0.727. The molecule has 1 N–H and O–H groups in total. The lowest BCUT2D eigenvalue weighted by atomic mass is 9.94. The number of hydrogen-bond acceptors (Lipinski definition) is 4. The Morgan fingerprint density at radius 1 is 0.909 bits per heavy atom. The molecule has 5 nitrogen and oxygen atoms in total. The number of nitrogens with zero attached hydrogens (tertiary/aromatic N) is 1. The van der Waals surface area contributed by atoms with E-state index in [0.29, 0.717) is 23.6 Å². The van der Waals surface area contributed by atoms with Crippen molar-refractivity contribution >= 4 is 23.1 Å². The molecule has 4 rings (SSSR count). The molecule has 0 spiro atoms. The number of hydrogen-bond donors (Lipinski definition) is 1. The largest absolute Gasteiger partial charge is 0.507 e. The average Bonchev–Trinajstić information content (AvgIpc) is 3.13. The van der Waals surface area contributed by atoms with Gasteiger partial charge in [-0.2, -0.15) is 0 Å². The van der Waals surface area contributed by atoms with Gasteiger partial charge in [-0.05, 0) is 60.4 Å². The summed E-state index contributed by atoms with van der Waals surface area (Å²) in [7, 11) is 0. The quantitative estimate of drug-likeness (QED) is 0.292. The smallest absolute Gasteiger partial charge is 0.300 e. The topological polar surface area (TPSA) is 66.8 Å². The van der Waals surface area contributed by atoms with Crippen molar-refractivity contribution in [1.82, 2.24) is 0 Å². The number of Topliss-reactive ketones (excluding diaryl/α,β-unsaturated/α-hetero) is 1. The normalized spacial score (nSPS) is 17.4. The molecule has 1 atom stereocenters. The first kappa shape index (κ1) is 22.3. The summed E-state index contributed by atoms with van der Waals surface area (Å²) in [6, 6.07) is 23.1. The summed E-state index contributed by atoms with van der Waals surface area (Å²) in [5.41, 5.74) is 3.06. The van der Waals surface area contributed by atoms with Crippen LogP contribution in [0.3, 0.4) is 0 Å². The van der Waals surface area contributed by atoms with Gasteiger partial charge in [0.2, 0.25) is 0 Å². The van der Waals surface area contributed by atoms with E-state index in [4.69, 9.17) is 4.74 Å². The van der Waals surface area contributed by atoms with Gasteiger partial charge in [-0.15, -0.1) is 0 Å². The molecule has 1 unspecified atom stereocenters. The summed E-state index contributed by atoms with van der Waals surface area (Å²) in [6.45, 7) is 4.69. The van der Waals surface area contributed by atoms with Crippen LogP contribution >= 0.6 is 0 Å². The molecule has 1 fully saturated rings. The first-order valence-electron chi connectivity index (χ1n) is 11.2. The van der Waals surface area contributed by atoms with Crippen LogP contribution in [0.4, 0.5) is 5.69 Å². The van der Waals surface area contributed by atoms with Crippen LogP contribution in [0.5, 0.6) is 5.75 Å². The number of anilines is 1. The van der Waals surface area contributed by atoms with Crippen LogP contribution in [0, 0.1) is 0 Å². The molecule has 1 aliphatic heterocycles. The van der Waals surface area contributed by atoms with Crippen LogP contribution in [-0.4, -0.2) is 23.4 Å². The number of amides is 1. The van der Waals surface area contributed by atoms with Gasteiger partial charge < -0.3 is 9.84 Å². The number of ketones is 1. The van der Waals surface area contributed by atoms with Crippen LogP contribution in [0.2, 0.25) is 0 Å². The predicted molar refractivity (Wildman–Crippen MR) is 129 cm³/mol. The van der Waals surface area contributed by atoms with Crippen LogP contribution in [0.25, 0.3) is 5.76 Å². The van der Waals surface area contributed by atoms with Gasteiger partial charge in [0.15, 0.2) is 0 Å². The van der Waals surface area contributed by atoms with Crippen molar-refractivity contribution in [2.45, 2.75) is 32.7 Å². The third-order valence-electron chi connectivity index (χ3n) is 5.78. The summed E-state index contributed by atoms with van der Waals surface area (Å²) in [5, 5.41) is 11.2. The van der Waals surface area contributed by atoms with Crippen molar-refractivity contribution in [2.24, 2.45) is 0 Å². The molecule has 0 saturated carbocycles. The third-order valence-corrected chi connectivity index (χ3v) is 5.78. The zero-order chi connectivity index (χ0) is 23.4. The van der Waals surface area contributed by atoms with Crippen LogP contribution < -0.4 is 9.64 Å². The highest BCUT2D eigenvalue weighted by Gasteiger charge is 2.46. The molecule has 0 aromatic heterocycles. The molecule has 33 heavy (non-hydrogen) atoms. The Kier molecular flexibility index (Phi) is 6.59. The third kappa shape index (κ3) is 4.40. The van der Waals surface area contributed by atoms with Gasteiger partial charge in [0, 0.05) is 11.3 Å². The Balaban J connectivity index is 1.83. The minimum absolute atomic E-state index is 0.0790. The fourth-order valence-corrected chi connectivity index (χ4v) is 4.02. The number of ether oxygens (including phenoxy) is 1. The summed E-state index contributed by atoms with van der Waals surface area (Å²) < 4.78 is 5.61. The number of aryl methyl sites for hydroxylation is 1. The van der Waals surface area contributed by atoms with E-state index in [1.165, 1.54) is 4.90 Å². The fraction of sp³-hybridized carbons (Fsp3) is 0.214. The molecule has 3 aromatic carbocycles. The average molecular weight is 442 g/mol. The molecule has 1 saturated heterocycles. The van der Waals surface area contributed by atoms with Gasteiger partial charge in [0.05, 0.1) is 18.2 Å². The lowest BCUT2D eigenvalue weighted by Gasteiger charge is -2.25. The fourth-order valence-electron chi connectivity index (χ4n) is 4.02. The van der Waals surface area contributed by atoms with E-state index >= 15 is 0 Å². The summed E-state index contributed by atoms with van der Waals surface area (Å²) >= 11 is 0. The Hall–Kier alpha value is -3.86. The molecular formula is C28H27NO4. The number of aliphatic hydroxyl groups is 1. The van der Waals surface area contributed by atoms with Gasteiger partial charge >= 0.3 is 0 Å². The SMILES string of the molecule is CCCOc1ccc(/C(O)=C2/C(=O)C(=O)N(c3ccccc3)C2c2ccc(CC)cc2)cc1. The molecule has 168 valence electrons. The second-order valence-electron chi connectivity index (χ2n) is 7.97. The maximum absolute atomic E-state index is 13.2. The van der Waals surface area contributed by atoms with E-state index < -0.39 is 17.7 Å². The highest BCUT2D eigenvalue weighted by molar-refractivity contribution is 6.51. The highest BCUT2D eigenvalue weighted by Crippen LogP contribution is 2.42. The number of aliphatic hydroxyl groups excluding tert-OH is 1. The van der Waals surface area contributed by atoms with Crippen molar-refractivity contribution in [2.75, 3.05) is 11.5 Å². The predicted octanol–water partition coefficient (Wildman–Crippen LogP) is 5.66. The maximum Gasteiger partial charge on any atom is 0.300 e. The van der Waals surface area contributed by atoms with Gasteiger partial charge in [-0.1, -0.05) is 56.3 Å². The molecule has 1 heterocycles. The van der Waals surface area contributed by atoms with E-state index in [2.05, 4.69) is 6.92 Å². The Morgan fingerprint density at radius 3 is 2.18 bits per heavy atom. The Labute approximate surface area is 193 Å². The molecule has 1 aliphatic rings. The van der Waals surface area contributed by atoms with Crippen molar-refractivity contribution in [3.8, 4) is 5.75 Å². The summed E-state index contributed by atoms with van der Waals surface area (Å²) in [4.78, 5) is 27.8. The van der Waals surface area contributed by atoms with Gasteiger partial charge in [-0.25, -0.2) is 0 Å². The van der Waals surface area contributed by atoms with E-state index in [0.717, 1.165) is 24.0 Å². The monoisotopic (exact) mass is 441 g/mol. The van der Waals surface area contributed by atoms with Crippen LogP contribution in [-0.2, 0) is 16.0 Å². The first-order valence-corrected chi connectivity index (χ1v) is 11.2. The number of benzene rings is 3. The molecule has 0 aliphatic carbocycles. The van der Waals surface area contributed by atoms with Gasteiger partial charge in [-0.3, -0.25) is 14.5 Å². The van der Waals surface area contributed by atoms with Crippen LogP contribution in [0.1, 0.15) is 43.0 Å². The second kappa shape index (κ2) is 9.74. The zero-order valence-corrected chi connectivity index (χ0v) is 18.8. The van der Waals surface area contributed by atoms with E-state index in [1.807, 2.05) is 49.4 Å². The standard InChI is InChI=1S/C28H27NO4/c1-3-18-33-23-16-14-21(15-17-23)26(30)24-25(20-12-10-19(4-2)11-13-20)29(28(32)27(24)31)22-8-6-5-7-9-22/h5-17,25,30H,3-4,18H2,1-2H3/b26-24-. The number of carbonyl (C=O) groups excluding carboxylic acids is 2. The Morgan fingerprint density at radius 2 is 1.58 bits per heavy atom. The molecular weight excluding hydrogens is 414 g/mol. The molecule has 0 radical (unpaired) electrons. The van der Waals surface area contributed by atoms with Crippen LogP contribution in [0.15, 0.2) is 84.4 Å². The number of carbonyl (C=O) groups is 2. The highest BCUT2D eigenvalue weighted by atomic mass is 16.5. The zero-order valence-electron chi connectivity index (χ0n) is 18.8. The van der Waals surface area contributed by atoms with Crippen molar-refractivity contribution < 1.29 is 19.4 Å². The van der Waals surface area contributed by atoms with Crippen molar-refractivity contribution in [1.29, 1.82) is 0 Å². The van der Waals surface area contributed by atoms with Crippen molar-refractivity contribution in [3.05, 3.63) is 101 Å². The van der Waals surface area contributed by atoms with Gasteiger partial charge in [0.1, 0.15) is 11.5 Å². The van der Waals surface area contributed by atoms with E-state index in [1.54, 1.807) is 36.4 Å². The minimum Gasteiger partial charge on any atom is -0.507 e. The molecule has 1 amide bonds. The summed E-state index contributed by atoms with van der Waals surface area (Å²) in [5.74, 6) is -0.870. The van der Waals surface area contributed by atoms with Gasteiger partial charge in [0.25, 0.3) is 11.7 Å². The maximum atomic E-state index is 13.2. The lowest BCUT2D eigenvalue weighted by Crippen LogP contribution is -2.29. The first-order chi connectivity index (χ1) is 16.0. The molecule has 3 aromatic rings. The number of rotatable bonds is 7. The summed E-state index contributed by atoms with van der Waals surface area (Å²) in [6.07, 6.45) is 1.77. The number of para-hydroxylation sites is 1. The van der Waals surface area contributed by atoms with E-state index in [9.17, 15) is 14.7 Å². The van der Waals surface area contributed by atoms with E-state index in [-0.39, 0.29) is 11.3 Å².